The number of fused-ring (bicyclic) bond motifs is 1. The SMILES string of the molecule is CCOCCn1c(=O)[nH]c2cc(C(=O)N(C)C3CCOCC3)ccc21. The zero-order valence-electron chi connectivity index (χ0n) is 14.8. The number of hydrogen-bond acceptors (Lipinski definition) is 4. The van der Waals surface area contributed by atoms with Crippen molar-refractivity contribution >= 4 is 16.9 Å². The Balaban J connectivity index is 1.81. The average Bonchev–Trinajstić information content (AvgIpc) is 2.96. The van der Waals surface area contributed by atoms with E-state index in [1.165, 1.54) is 0 Å². The maximum Gasteiger partial charge on any atom is 0.326 e. The average molecular weight is 347 g/mol. The van der Waals surface area contributed by atoms with Crippen LogP contribution < -0.4 is 5.69 Å². The monoisotopic (exact) mass is 347 g/mol. The summed E-state index contributed by atoms with van der Waals surface area (Å²) in [4.78, 5) is 29.5. The number of carbonyl (C=O) groups excluding carboxylic acids is 1. The second-order valence-electron chi connectivity index (χ2n) is 6.27. The normalized spacial score (nSPS) is 15.6. The predicted octanol–water partition coefficient (Wildman–Crippen LogP) is 1.62. The molecule has 1 aromatic carbocycles. The van der Waals surface area contributed by atoms with Gasteiger partial charge in [0.05, 0.1) is 24.2 Å². The molecule has 0 unspecified atom stereocenters. The molecule has 1 N–H and O–H groups in total. The van der Waals surface area contributed by atoms with Crippen molar-refractivity contribution < 1.29 is 14.3 Å². The molecule has 0 radical (unpaired) electrons. The van der Waals surface area contributed by atoms with Crippen LogP contribution in [0.15, 0.2) is 23.0 Å². The molecule has 3 rings (SSSR count). The summed E-state index contributed by atoms with van der Waals surface area (Å²) in [7, 11) is 1.83. The summed E-state index contributed by atoms with van der Waals surface area (Å²) < 4.78 is 12.3. The van der Waals surface area contributed by atoms with Crippen molar-refractivity contribution in [1.29, 1.82) is 0 Å². The number of aromatic amines is 1. The van der Waals surface area contributed by atoms with E-state index in [4.69, 9.17) is 9.47 Å². The van der Waals surface area contributed by atoms with Crippen LogP contribution in [0.4, 0.5) is 0 Å². The van der Waals surface area contributed by atoms with Gasteiger partial charge in [-0.25, -0.2) is 4.79 Å². The van der Waals surface area contributed by atoms with Crippen LogP contribution in [0, 0.1) is 0 Å². The third-order valence-corrected chi connectivity index (χ3v) is 4.74. The molecule has 2 aromatic rings. The number of aromatic nitrogens is 2. The molecule has 1 saturated heterocycles. The van der Waals surface area contributed by atoms with Crippen LogP contribution in [0.3, 0.4) is 0 Å². The first-order valence-corrected chi connectivity index (χ1v) is 8.77. The van der Waals surface area contributed by atoms with Gasteiger partial charge in [0.25, 0.3) is 5.91 Å². The van der Waals surface area contributed by atoms with Gasteiger partial charge in [0.15, 0.2) is 0 Å². The minimum Gasteiger partial charge on any atom is -0.381 e. The molecule has 0 bridgehead atoms. The molecule has 0 atom stereocenters. The van der Waals surface area contributed by atoms with Crippen LogP contribution in [0.2, 0.25) is 0 Å². The third-order valence-electron chi connectivity index (χ3n) is 4.74. The Hall–Kier alpha value is -2.12. The Bertz CT molecular complexity index is 789. The van der Waals surface area contributed by atoms with Crippen molar-refractivity contribution in [2.24, 2.45) is 0 Å². The van der Waals surface area contributed by atoms with E-state index in [1.54, 1.807) is 21.6 Å². The minimum absolute atomic E-state index is 0.0308. The zero-order chi connectivity index (χ0) is 17.8. The van der Waals surface area contributed by atoms with E-state index in [0.29, 0.717) is 44.1 Å². The van der Waals surface area contributed by atoms with E-state index >= 15 is 0 Å². The van der Waals surface area contributed by atoms with Gasteiger partial charge in [-0.15, -0.1) is 0 Å². The molecule has 25 heavy (non-hydrogen) atoms. The molecule has 1 aliphatic rings. The fourth-order valence-electron chi connectivity index (χ4n) is 3.26. The summed E-state index contributed by atoms with van der Waals surface area (Å²) in [5.74, 6) is -0.0308. The van der Waals surface area contributed by atoms with Gasteiger partial charge >= 0.3 is 5.69 Å². The maximum absolute atomic E-state index is 12.8. The summed E-state index contributed by atoms with van der Waals surface area (Å²) in [5, 5.41) is 0. The van der Waals surface area contributed by atoms with Gasteiger partial charge in [0, 0.05) is 38.5 Å². The van der Waals surface area contributed by atoms with E-state index in [9.17, 15) is 9.59 Å². The number of carbonyl (C=O) groups is 1. The lowest BCUT2D eigenvalue weighted by atomic mass is 10.1. The van der Waals surface area contributed by atoms with Crippen LogP contribution in [0.5, 0.6) is 0 Å². The molecule has 1 aromatic heterocycles. The van der Waals surface area contributed by atoms with Gasteiger partial charge in [0.1, 0.15) is 0 Å². The molecule has 0 saturated carbocycles. The largest absolute Gasteiger partial charge is 0.381 e. The number of nitrogens with zero attached hydrogens (tertiary/aromatic N) is 2. The summed E-state index contributed by atoms with van der Waals surface area (Å²) >= 11 is 0. The number of hydrogen-bond donors (Lipinski definition) is 1. The molecular weight excluding hydrogens is 322 g/mol. The lowest BCUT2D eigenvalue weighted by molar-refractivity contribution is 0.0362. The van der Waals surface area contributed by atoms with Crippen LogP contribution in [0.25, 0.3) is 11.0 Å². The Morgan fingerprint density at radius 1 is 1.40 bits per heavy atom. The number of H-pyrrole nitrogens is 1. The fourth-order valence-corrected chi connectivity index (χ4v) is 3.26. The van der Waals surface area contributed by atoms with Crippen molar-refractivity contribution in [1.82, 2.24) is 14.5 Å². The molecule has 0 spiro atoms. The molecule has 1 aliphatic heterocycles. The second-order valence-corrected chi connectivity index (χ2v) is 6.27. The van der Waals surface area contributed by atoms with Gasteiger partial charge in [-0.3, -0.25) is 9.36 Å². The minimum atomic E-state index is -0.183. The summed E-state index contributed by atoms with van der Waals surface area (Å²) in [6, 6.07) is 5.56. The second kappa shape index (κ2) is 7.84. The highest BCUT2D eigenvalue weighted by Gasteiger charge is 2.23. The Morgan fingerprint density at radius 3 is 2.88 bits per heavy atom. The molecule has 2 heterocycles. The van der Waals surface area contributed by atoms with Crippen LogP contribution >= 0.6 is 0 Å². The van der Waals surface area contributed by atoms with Crippen molar-refractivity contribution in [3.05, 3.63) is 34.2 Å². The molecule has 136 valence electrons. The highest BCUT2D eigenvalue weighted by Crippen LogP contribution is 2.18. The van der Waals surface area contributed by atoms with Gasteiger partial charge in [-0.05, 0) is 38.0 Å². The van der Waals surface area contributed by atoms with Gasteiger partial charge in [0.2, 0.25) is 0 Å². The Kier molecular flexibility index (Phi) is 5.55. The van der Waals surface area contributed by atoms with Gasteiger partial charge in [-0.1, -0.05) is 0 Å². The van der Waals surface area contributed by atoms with Gasteiger partial charge in [-0.2, -0.15) is 0 Å². The van der Waals surface area contributed by atoms with Crippen molar-refractivity contribution in [2.75, 3.05) is 33.5 Å². The molecule has 1 fully saturated rings. The Morgan fingerprint density at radius 2 is 2.16 bits per heavy atom. The van der Waals surface area contributed by atoms with E-state index in [0.717, 1.165) is 18.4 Å². The van der Waals surface area contributed by atoms with Crippen LogP contribution in [0.1, 0.15) is 30.1 Å². The number of nitrogens with one attached hydrogen (secondary N) is 1. The molecular formula is C18H25N3O4. The van der Waals surface area contributed by atoms with E-state index < -0.39 is 0 Å². The Labute approximate surface area is 146 Å². The summed E-state index contributed by atoms with van der Waals surface area (Å²) in [6.45, 7) is 4.90. The van der Waals surface area contributed by atoms with Crippen molar-refractivity contribution in [3.63, 3.8) is 0 Å². The topological polar surface area (TPSA) is 76.6 Å². The summed E-state index contributed by atoms with van der Waals surface area (Å²) in [6.07, 6.45) is 1.71. The highest BCUT2D eigenvalue weighted by atomic mass is 16.5. The molecule has 1 amide bonds. The number of amides is 1. The van der Waals surface area contributed by atoms with E-state index in [-0.39, 0.29) is 17.6 Å². The molecule has 0 aliphatic carbocycles. The van der Waals surface area contributed by atoms with Crippen LogP contribution in [-0.2, 0) is 16.0 Å². The lowest BCUT2D eigenvalue weighted by Gasteiger charge is -2.31. The first-order chi connectivity index (χ1) is 12.1. The number of imidazole rings is 1. The van der Waals surface area contributed by atoms with E-state index in [1.807, 2.05) is 20.0 Å². The lowest BCUT2D eigenvalue weighted by Crippen LogP contribution is -2.40. The van der Waals surface area contributed by atoms with Crippen LogP contribution in [-0.4, -0.2) is 59.9 Å². The first-order valence-electron chi connectivity index (χ1n) is 8.77. The third kappa shape index (κ3) is 3.77. The molecule has 7 nitrogen and oxygen atoms in total. The van der Waals surface area contributed by atoms with E-state index in [2.05, 4.69) is 4.98 Å². The quantitative estimate of drug-likeness (QED) is 0.806. The zero-order valence-corrected chi connectivity index (χ0v) is 14.8. The molecule has 7 heteroatoms. The number of rotatable bonds is 6. The van der Waals surface area contributed by atoms with Crippen molar-refractivity contribution in [3.8, 4) is 0 Å². The standard InChI is InChI=1S/C18H25N3O4/c1-3-24-11-8-21-16-5-4-13(12-15(16)19-18(21)23)17(22)20(2)14-6-9-25-10-7-14/h4-5,12,14H,3,6-11H2,1-2H3,(H,19,23). The number of benzene rings is 1. The highest BCUT2D eigenvalue weighted by molar-refractivity contribution is 5.97. The summed E-state index contributed by atoms with van der Waals surface area (Å²) in [5.41, 5.74) is 1.86. The maximum atomic E-state index is 12.8. The predicted molar refractivity (Wildman–Crippen MR) is 95.0 cm³/mol. The van der Waals surface area contributed by atoms with Crippen molar-refractivity contribution in [2.45, 2.75) is 32.4 Å². The first kappa shape index (κ1) is 17.7. The van der Waals surface area contributed by atoms with Gasteiger partial charge < -0.3 is 19.4 Å². The smallest absolute Gasteiger partial charge is 0.326 e. The fraction of sp³-hybridized carbons (Fsp3) is 0.556. The number of ether oxygens (including phenoxy) is 2.